The molecule has 0 atom stereocenters. The summed E-state index contributed by atoms with van der Waals surface area (Å²) in [6.07, 6.45) is 7.73. The molecule has 0 spiro atoms. The van der Waals surface area contributed by atoms with Crippen LogP contribution in [-0.2, 0) is 16.1 Å². The molecule has 0 unspecified atom stereocenters. The van der Waals surface area contributed by atoms with E-state index >= 15 is 0 Å². The van der Waals surface area contributed by atoms with Gasteiger partial charge in [0.15, 0.2) is 0 Å². The van der Waals surface area contributed by atoms with Crippen LogP contribution in [0.3, 0.4) is 0 Å². The van der Waals surface area contributed by atoms with Gasteiger partial charge < -0.3 is 10.1 Å². The Labute approximate surface area is 203 Å². The summed E-state index contributed by atoms with van der Waals surface area (Å²) in [6, 6.07) is 19.2. The van der Waals surface area contributed by atoms with Crippen LogP contribution in [-0.4, -0.2) is 43.0 Å². The first-order chi connectivity index (χ1) is 16.6. The maximum Gasteiger partial charge on any atom is 0.305 e. The van der Waals surface area contributed by atoms with Gasteiger partial charge in [0.1, 0.15) is 0 Å². The maximum absolute atomic E-state index is 13.0. The van der Waals surface area contributed by atoms with Gasteiger partial charge in [-0.25, -0.2) is 0 Å². The minimum atomic E-state index is -0.128. The Morgan fingerprint density at radius 2 is 1.68 bits per heavy atom. The fraction of sp³-hybridized carbons (Fsp3) is 0.517. The summed E-state index contributed by atoms with van der Waals surface area (Å²) in [5, 5.41) is 3.26. The summed E-state index contributed by atoms with van der Waals surface area (Å²) < 4.78 is 4.75. The second-order valence-electron chi connectivity index (χ2n) is 9.97. The van der Waals surface area contributed by atoms with Gasteiger partial charge >= 0.3 is 5.97 Å². The molecule has 2 fully saturated rings. The lowest BCUT2D eigenvalue weighted by Crippen LogP contribution is -2.37. The van der Waals surface area contributed by atoms with Crippen LogP contribution in [0.1, 0.15) is 78.8 Å². The highest BCUT2D eigenvalue weighted by Gasteiger charge is 2.25. The van der Waals surface area contributed by atoms with Gasteiger partial charge in [0.25, 0.3) is 5.91 Å². The van der Waals surface area contributed by atoms with E-state index in [1.807, 2.05) is 12.1 Å². The van der Waals surface area contributed by atoms with Crippen molar-refractivity contribution in [3.8, 4) is 0 Å². The predicted molar refractivity (Wildman–Crippen MR) is 135 cm³/mol. The molecular weight excluding hydrogens is 424 g/mol. The number of piperidine rings is 1. The van der Waals surface area contributed by atoms with Crippen LogP contribution < -0.4 is 5.32 Å². The maximum atomic E-state index is 13.0. The Bertz CT molecular complexity index is 929. The molecule has 4 rings (SSSR count). The van der Waals surface area contributed by atoms with E-state index in [1.165, 1.54) is 18.2 Å². The van der Waals surface area contributed by atoms with Crippen molar-refractivity contribution < 1.29 is 14.3 Å². The topological polar surface area (TPSA) is 58.6 Å². The number of carbonyl (C=O) groups is 2. The number of likely N-dealkylation sites (tertiary alicyclic amines) is 1. The van der Waals surface area contributed by atoms with Gasteiger partial charge in [-0.2, -0.15) is 0 Å². The molecule has 1 aliphatic carbocycles. The average Bonchev–Trinajstić information content (AvgIpc) is 2.89. The third-order valence-electron chi connectivity index (χ3n) is 7.62. The van der Waals surface area contributed by atoms with Crippen LogP contribution in [0.15, 0.2) is 54.6 Å². The largest absolute Gasteiger partial charge is 0.469 e. The predicted octanol–water partition coefficient (Wildman–Crippen LogP) is 5.31. The first-order valence-electron chi connectivity index (χ1n) is 12.8. The summed E-state index contributed by atoms with van der Waals surface area (Å²) in [4.78, 5) is 26.9. The summed E-state index contributed by atoms with van der Waals surface area (Å²) >= 11 is 0. The van der Waals surface area contributed by atoms with Crippen LogP contribution in [0, 0.1) is 5.92 Å². The smallest absolute Gasteiger partial charge is 0.305 e. The number of carbonyl (C=O) groups excluding carboxylic acids is 2. The van der Waals surface area contributed by atoms with Gasteiger partial charge in [-0.1, -0.05) is 42.5 Å². The van der Waals surface area contributed by atoms with E-state index in [-0.39, 0.29) is 17.9 Å². The molecule has 1 saturated heterocycles. The summed E-state index contributed by atoms with van der Waals surface area (Å²) in [5.41, 5.74) is 3.44. The Morgan fingerprint density at radius 3 is 2.38 bits per heavy atom. The fourth-order valence-corrected chi connectivity index (χ4v) is 5.49. The van der Waals surface area contributed by atoms with Gasteiger partial charge in [-0.3, -0.25) is 14.5 Å². The number of methoxy groups -OCH3 is 1. The molecule has 1 saturated carbocycles. The lowest BCUT2D eigenvalue weighted by atomic mass is 9.83. The van der Waals surface area contributed by atoms with Crippen LogP contribution in [0.5, 0.6) is 0 Å². The number of nitrogens with zero attached hydrogens (tertiary/aromatic N) is 1. The van der Waals surface area contributed by atoms with E-state index < -0.39 is 0 Å². The number of amides is 1. The molecule has 1 N–H and O–H groups in total. The third kappa shape index (κ3) is 6.92. The molecule has 0 radical (unpaired) electrons. The van der Waals surface area contributed by atoms with Crippen molar-refractivity contribution in [1.82, 2.24) is 10.2 Å². The van der Waals surface area contributed by atoms with Crippen LogP contribution in [0.2, 0.25) is 0 Å². The number of hydrogen-bond donors (Lipinski definition) is 1. The summed E-state index contributed by atoms with van der Waals surface area (Å²) in [6.45, 7) is 3.20. The standard InChI is InChI=1S/C29H38N2O3/c1-34-28(32)15-12-22-10-13-27(14-11-22)30-29(33)26-9-5-8-25(20-26)24-16-18-31(19-17-24)21-23-6-3-2-4-7-23/h2-9,20,22,24,27H,10-19,21H2,1H3,(H,30,33)/t22-,27-. The molecule has 0 bridgehead atoms. The Morgan fingerprint density at radius 1 is 0.941 bits per heavy atom. The third-order valence-corrected chi connectivity index (χ3v) is 7.62. The zero-order chi connectivity index (χ0) is 23.8. The van der Waals surface area contributed by atoms with E-state index in [0.717, 1.165) is 70.1 Å². The zero-order valence-corrected chi connectivity index (χ0v) is 20.4. The van der Waals surface area contributed by atoms with E-state index in [9.17, 15) is 9.59 Å². The lowest BCUT2D eigenvalue weighted by Gasteiger charge is -2.32. The molecule has 1 amide bonds. The number of ether oxygens (including phenoxy) is 1. The minimum Gasteiger partial charge on any atom is -0.469 e. The van der Waals surface area contributed by atoms with E-state index in [1.54, 1.807) is 0 Å². The van der Waals surface area contributed by atoms with Crippen molar-refractivity contribution in [2.24, 2.45) is 5.92 Å². The summed E-state index contributed by atoms with van der Waals surface area (Å²) in [7, 11) is 1.44. The van der Waals surface area contributed by atoms with Gasteiger partial charge in [0, 0.05) is 24.6 Å². The quantitative estimate of drug-likeness (QED) is 0.540. The van der Waals surface area contributed by atoms with Crippen molar-refractivity contribution >= 4 is 11.9 Å². The number of rotatable bonds is 8. The monoisotopic (exact) mass is 462 g/mol. The Hall–Kier alpha value is -2.66. The molecule has 5 nitrogen and oxygen atoms in total. The molecule has 0 aromatic heterocycles. The number of nitrogens with one attached hydrogen (secondary N) is 1. The average molecular weight is 463 g/mol. The summed E-state index contributed by atoms with van der Waals surface area (Å²) in [5.74, 6) is 0.993. The zero-order valence-electron chi connectivity index (χ0n) is 20.4. The van der Waals surface area contributed by atoms with Gasteiger partial charge in [0.05, 0.1) is 7.11 Å². The number of hydrogen-bond acceptors (Lipinski definition) is 4. The van der Waals surface area contributed by atoms with E-state index in [0.29, 0.717) is 18.3 Å². The highest BCUT2D eigenvalue weighted by atomic mass is 16.5. The van der Waals surface area contributed by atoms with Crippen molar-refractivity contribution in [3.63, 3.8) is 0 Å². The van der Waals surface area contributed by atoms with Crippen molar-refractivity contribution in [1.29, 1.82) is 0 Å². The molecule has 1 heterocycles. The van der Waals surface area contributed by atoms with Gasteiger partial charge in [-0.05, 0) is 93.1 Å². The first kappa shape index (κ1) is 24.5. The van der Waals surface area contributed by atoms with Crippen molar-refractivity contribution in [2.45, 2.75) is 69.9 Å². The van der Waals surface area contributed by atoms with Crippen molar-refractivity contribution in [2.75, 3.05) is 20.2 Å². The lowest BCUT2D eigenvalue weighted by molar-refractivity contribution is -0.141. The molecule has 2 aromatic rings. The molecule has 34 heavy (non-hydrogen) atoms. The Balaban J connectivity index is 1.23. The molecular formula is C29H38N2O3. The number of esters is 1. The highest BCUT2D eigenvalue weighted by molar-refractivity contribution is 5.94. The van der Waals surface area contributed by atoms with Crippen LogP contribution in [0.4, 0.5) is 0 Å². The van der Waals surface area contributed by atoms with Crippen molar-refractivity contribution in [3.05, 3.63) is 71.3 Å². The fourth-order valence-electron chi connectivity index (χ4n) is 5.49. The van der Waals surface area contributed by atoms with Crippen LogP contribution in [0.25, 0.3) is 0 Å². The normalized spacial score (nSPS) is 21.7. The van der Waals surface area contributed by atoms with E-state index in [4.69, 9.17) is 4.74 Å². The molecule has 182 valence electrons. The van der Waals surface area contributed by atoms with Gasteiger partial charge in [0.2, 0.25) is 0 Å². The highest BCUT2D eigenvalue weighted by Crippen LogP contribution is 2.30. The van der Waals surface area contributed by atoms with Gasteiger partial charge in [-0.15, -0.1) is 0 Å². The SMILES string of the molecule is COC(=O)CC[C@H]1CC[C@H](NC(=O)c2cccc(C3CCN(Cc4ccccc4)CC3)c2)CC1. The minimum absolute atomic E-state index is 0.0429. The second-order valence-corrected chi connectivity index (χ2v) is 9.97. The van der Waals surface area contributed by atoms with E-state index in [2.05, 4.69) is 52.7 Å². The Kier molecular flexibility index (Phi) is 8.75. The molecule has 2 aliphatic rings. The van der Waals surface area contributed by atoms with Crippen LogP contribution >= 0.6 is 0 Å². The molecule has 5 heteroatoms. The number of benzene rings is 2. The molecule has 2 aromatic carbocycles. The first-order valence-corrected chi connectivity index (χ1v) is 12.8. The second kappa shape index (κ2) is 12.2. The molecule has 1 aliphatic heterocycles.